The average Bonchev–Trinajstić information content (AvgIpc) is 2.26. The third-order valence-electron chi connectivity index (χ3n) is 2.30. The number of benzene rings is 1. The molecule has 0 saturated carbocycles. The smallest absolute Gasteiger partial charge is 0.408 e. The number of halogens is 1. The molecule has 0 aliphatic carbocycles. The van der Waals surface area contributed by atoms with E-state index in [-0.39, 0.29) is 6.42 Å². The second kappa shape index (κ2) is 6.57. The lowest BCUT2D eigenvalue weighted by Crippen LogP contribution is -2.35. The number of hydrogen-bond donors (Lipinski definition) is 1. The highest BCUT2D eigenvalue weighted by Crippen LogP contribution is 2.24. The van der Waals surface area contributed by atoms with E-state index < -0.39 is 17.7 Å². The highest BCUT2D eigenvalue weighted by atomic mass is 35.5. The van der Waals surface area contributed by atoms with E-state index in [0.717, 1.165) is 6.29 Å². The molecule has 0 spiro atoms. The fourth-order valence-electron chi connectivity index (χ4n) is 1.57. The fourth-order valence-corrected chi connectivity index (χ4v) is 1.83. The molecular weight excluding hydrogens is 266 g/mol. The molecule has 1 aromatic rings. The minimum absolute atomic E-state index is 0.142. The summed E-state index contributed by atoms with van der Waals surface area (Å²) >= 11 is 6.06. The van der Waals surface area contributed by atoms with Crippen LogP contribution in [0.2, 0.25) is 5.02 Å². The number of ether oxygens (including phenoxy) is 1. The van der Waals surface area contributed by atoms with E-state index in [1.165, 1.54) is 0 Å². The zero-order valence-electron chi connectivity index (χ0n) is 11.3. The van der Waals surface area contributed by atoms with Crippen molar-refractivity contribution in [1.82, 2.24) is 5.32 Å². The zero-order valence-corrected chi connectivity index (χ0v) is 12.0. The van der Waals surface area contributed by atoms with Crippen LogP contribution in [0.25, 0.3) is 0 Å². The quantitative estimate of drug-likeness (QED) is 0.861. The Kier molecular flexibility index (Phi) is 5.36. The lowest BCUT2D eigenvalue weighted by molar-refractivity contribution is -0.108. The number of aldehydes is 1. The lowest BCUT2D eigenvalue weighted by Gasteiger charge is -2.23. The molecule has 0 saturated heterocycles. The molecule has 1 atom stereocenters. The first-order chi connectivity index (χ1) is 8.83. The standard InChI is InChI=1S/C14H18ClNO3/c1-14(2,3)19-13(18)16-12(8-9-17)10-6-4-5-7-11(10)15/h4-7,9,12H,8H2,1-3H3,(H,16,18)/t12-/m1/s1. The van der Waals surface area contributed by atoms with Crippen molar-refractivity contribution < 1.29 is 14.3 Å². The molecular formula is C14H18ClNO3. The van der Waals surface area contributed by atoms with Crippen LogP contribution in [0.15, 0.2) is 24.3 Å². The SMILES string of the molecule is CC(C)(C)OC(=O)N[C@H](CC=O)c1ccccc1Cl. The molecule has 1 rings (SSSR count). The van der Waals surface area contributed by atoms with E-state index in [4.69, 9.17) is 16.3 Å². The van der Waals surface area contributed by atoms with Crippen LogP contribution in [0.3, 0.4) is 0 Å². The van der Waals surface area contributed by atoms with Crippen LogP contribution in [0.5, 0.6) is 0 Å². The van der Waals surface area contributed by atoms with Crippen LogP contribution in [0.4, 0.5) is 4.79 Å². The Hall–Kier alpha value is -1.55. The van der Waals surface area contributed by atoms with Gasteiger partial charge in [-0.3, -0.25) is 0 Å². The molecule has 1 aromatic carbocycles. The third kappa shape index (κ3) is 5.30. The maximum atomic E-state index is 11.7. The van der Waals surface area contributed by atoms with E-state index in [0.29, 0.717) is 10.6 Å². The number of nitrogens with one attached hydrogen (secondary N) is 1. The lowest BCUT2D eigenvalue weighted by atomic mass is 10.0. The highest BCUT2D eigenvalue weighted by Gasteiger charge is 2.21. The zero-order chi connectivity index (χ0) is 14.5. The van der Waals surface area contributed by atoms with Gasteiger partial charge in [0.15, 0.2) is 0 Å². The van der Waals surface area contributed by atoms with E-state index in [1.807, 2.05) is 0 Å². The maximum absolute atomic E-state index is 11.7. The Labute approximate surface area is 118 Å². The summed E-state index contributed by atoms with van der Waals surface area (Å²) in [5, 5.41) is 3.16. The molecule has 104 valence electrons. The van der Waals surface area contributed by atoms with Crippen molar-refractivity contribution in [1.29, 1.82) is 0 Å². The molecule has 0 aliphatic heterocycles. The predicted molar refractivity (Wildman–Crippen MR) is 74.2 cm³/mol. The van der Waals surface area contributed by atoms with Crippen LogP contribution < -0.4 is 5.32 Å². The van der Waals surface area contributed by atoms with Gasteiger partial charge in [-0.25, -0.2) is 4.79 Å². The molecule has 0 radical (unpaired) electrons. The summed E-state index contributed by atoms with van der Waals surface area (Å²) in [6, 6.07) is 6.59. The molecule has 0 aliphatic rings. The third-order valence-corrected chi connectivity index (χ3v) is 2.65. The molecule has 0 aromatic heterocycles. The van der Waals surface area contributed by atoms with Crippen LogP contribution in [0, 0.1) is 0 Å². The minimum atomic E-state index is -0.587. The molecule has 0 fully saturated rings. The van der Waals surface area contributed by atoms with E-state index in [2.05, 4.69) is 5.32 Å². The summed E-state index contributed by atoms with van der Waals surface area (Å²) in [6.07, 6.45) is 0.313. The van der Waals surface area contributed by atoms with Crippen molar-refractivity contribution in [2.24, 2.45) is 0 Å². The molecule has 19 heavy (non-hydrogen) atoms. The van der Waals surface area contributed by atoms with Gasteiger partial charge >= 0.3 is 6.09 Å². The maximum Gasteiger partial charge on any atom is 0.408 e. The number of rotatable bonds is 4. The first kappa shape index (κ1) is 15.5. The molecule has 5 heteroatoms. The van der Waals surface area contributed by atoms with Crippen molar-refractivity contribution in [2.75, 3.05) is 0 Å². The number of carbonyl (C=O) groups excluding carboxylic acids is 2. The van der Waals surface area contributed by atoms with Gasteiger partial charge in [0, 0.05) is 11.4 Å². The van der Waals surface area contributed by atoms with E-state index in [1.54, 1.807) is 45.0 Å². The summed E-state index contributed by atoms with van der Waals surface area (Å²) in [7, 11) is 0. The van der Waals surface area contributed by atoms with Gasteiger partial charge in [-0.2, -0.15) is 0 Å². The summed E-state index contributed by atoms with van der Waals surface area (Å²) in [5.74, 6) is 0. The largest absolute Gasteiger partial charge is 0.444 e. The summed E-state index contributed by atoms with van der Waals surface area (Å²) in [5.41, 5.74) is 0.109. The number of carbonyl (C=O) groups is 2. The normalized spacial score (nSPS) is 12.6. The first-order valence-corrected chi connectivity index (χ1v) is 6.39. The second-order valence-electron chi connectivity index (χ2n) is 5.12. The van der Waals surface area contributed by atoms with Gasteiger partial charge < -0.3 is 14.8 Å². The average molecular weight is 284 g/mol. The summed E-state index contributed by atoms with van der Waals surface area (Å²) in [6.45, 7) is 5.32. The minimum Gasteiger partial charge on any atom is -0.444 e. The van der Waals surface area contributed by atoms with Crippen molar-refractivity contribution >= 4 is 24.0 Å². The Bertz CT molecular complexity index is 454. The molecule has 0 heterocycles. The second-order valence-corrected chi connectivity index (χ2v) is 5.53. The molecule has 0 bridgehead atoms. The first-order valence-electron chi connectivity index (χ1n) is 6.01. The predicted octanol–water partition coefficient (Wildman–Crippen LogP) is 3.49. The topological polar surface area (TPSA) is 55.4 Å². The van der Waals surface area contributed by atoms with Gasteiger partial charge in [-0.15, -0.1) is 0 Å². The van der Waals surface area contributed by atoms with Crippen LogP contribution in [0.1, 0.15) is 38.8 Å². The van der Waals surface area contributed by atoms with Crippen LogP contribution >= 0.6 is 11.6 Å². The van der Waals surface area contributed by atoms with E-state index >= 15 is 0 Å². The van der Waals surface area contributed by atoms with Gasteiger partial charge in [0.1, 0.15) is 11.9 Å². The number of hydrogen-bond acceptors (Lipinski definition) is 3. The number of alkyl carbamates (subject to hydrolysis) is 1. The summed E-state index contributed by atoms with van der Waals surface area (Å²) < 4.78 is 5.17. The van der Waals surface area contributed by atoms with E-state index in [9.17, 15) is 9.59 Å². The Morgan fingerprint density at radius 1 is 1.42 bits per heavy atom. The van der Waals surface area contributed by atoms with Gasteiger partial charge in [-0.1, -0.05) is 29.8 Å². The van der Waals surface area contributed by atoms with Crippen molar-refractivity contribution in [3.8, 4) is 0 Å². The monoisotopic (exact) mass is 283 g/mol. The number of amides is 1. The molecule has 1 N–H and O–H groups in total. The van der Waals surface area contributed by atoms with Crippen LogP contribution in [-0.2, 0) is 9.53 Å². The Morgan fingerprint density at radius 3 is 2.58 bits per heavy atom. The Morgan fingerprint density at radius 2 is 2.05 bits per heavy atom. The molecule has 0 unspecified atom stereocenters. The van der Waals surface area contributed by atoms with Gasteiger partial charge in [-0.05, 0) is 32.4 Å². The highest BCUT2D eigenvalue weighted by molar-refractivity contribution is 6.31. The van der Waals surface area contributed by atoms with Crippen molar-refractivity contribution in [2.45, 2.75) is 38.8 Å². The van der Waals surface area contributed by atoms with Crippen LogP contribution in [-0.4, -0.2) is 18.0 Å². The Balaban J connectivity index is 2.82. The van der Waals surface area contributed by atoms with Crippen molar-refractivity contribution in [3.63, 3.8) is 0 Å². The molecule has 4 nitrogen and oxygen atoms in total. The van der Waals surface area contributed by atoms with Crippen molar-refractivity contribution in [3.05, 3.63) is 34.9 Å². The fraction of sp³-hybridized carbons (Fsp3) is 0.429. The van der Waals surface area contributed by atoms with Gasteiger partial charge in [0.25, 0.3) is 0 Å². The van der Waals surface area contributed by atoms with Gasteiger partial charge in [0.2, 0.25) is 0 Å². The van der Waals surface area contributed by atoms with Gasteiger partial charge in [0.05, 0.1) is 6.04 Å². The summed E-state index contributed by atoms with van der Waals surface area (Å²) in [4.78, 5) is 22.5. The molecule has 1 amide bonds.